The zero-order valence-corrected chi connectivity index (χ0v) is 43.6. The van der Waals surface area contributed by atoms with Crippen LogP contribution in [-0.2, 0) is 33.3 Å². The summed E-state index contributed by atoms with van der Waals surface area (Å²) in [6.45, 7) is 4.78. The molecule has 384 valence electrons. The third-order valence-electron chi connectivity index (χ3n) is 11.8. The van der Waals surface area contributed by atoms with Gasteiger partial charge in [0.1, 0.15) is 13.2 Å². The van der Waals surface area contributed by atoms with Crippen molar-refractivity contribution in [2.75, 3.05) is 47.5 Å². The highest BCUT2D eigenvalue weighted by Crippen LogP contribution is 2.16. The van der Waals surface area contributed by atoms with Crippen molar-refractivity contribution < 1.29 is 42.9 Å². The molecular formula is C57H104NO8+. The Morgan fingerprint density at radius 1 is 0.470 bits per heavy atom. The summed E-state index contributed by atoms with van der Waals surface area (Å²) in [5.74, 6) is -1.99. The number of nitrogens with zero attached hydrogens (tertiary/aromatic N) is 1. The molecule has 2 atom stereocenters. The Bertz CT molecular complexity index is 1220. The predicted molar refractivity (Wildman–Crippen MR) is 277 cm³/mol. The Morgan fingerprint density at radius 3 is 1.29 bits per heavy atom. The van der Waals surface area contributed by atoms with Crippen LogP contribution in [0.2, 0.25) is 0 Å². The number of carbonyl (C=O) groups is 3. The largest absolute Gasteiger partial charge is 0.477 e. The van der Waals surface area contributed by atoms with Crippen molar-refractivity contribution in [2.45, 2.75) is 251 Å². The van der Waals surface area contributed by atoms with Gasteiger partial charge in [-0.15, -0.1) is 0 Å². The van der Waals surface area contributed by atoms with E-state index in [2.05, 4.69) is 62.5 Å². The van der Waals surface area contributed by atoms with E-state index in [4.69, 9.17) is 18.9 Å². The minimum absolute atomic E-state index is 0.178. The number of unbranched alkanes of at least 4 members (excludes halogenated alkanes) is 27. The average molecular weight is 931 g/mol. The first-order valence-corrected chi connectivity index (χ1v) is 27.3. The van der Waals surface area contributed by atoms with Crippen LogP contribution in [0.3, 0.4) is 0 Å². The minimum atomic E-state index is -1.51. The Morgan fingerprint density at radius 2 is 0.864 bits per heavy atom. The normalized spacial score (nSPS) is 13.2. The molecule has 0 aromatic rings. The number of rotatable bonds is 50. The highest BCUT2D eigenvalue weighted by atomic mass is 16.7. The molecule has 0 aromatic carbocycles. The molecule has 1 N–H and O–H groups in total. The van der Waals surface area contributed by atoms with E-state index in [0.717, 1.165) is 64.2 Å². The first kappa shape index (κ1) is 63.2. The lowest BCUT2D eigenvalue weighted by molar-refractivity contribution is -0.870. The number of carboxylic acid groups (broad SMARTS) is 1. The van der Waals surface area contributed by atoms with E-state index in [1.54, 1.807) is 0 Å². The zero-order chi connectivity index (χ0) is 48.4. The van der Waals surface area contributed by atoms with Crippen molar-refractivity contribution in [3.8, 4) is 0 Å². The van der Waals surface area contributed by atoms with Gasteiger partial charge < -0.3 is 28.5 Å². The Labute approximate surface area is 406 Å². The first-order valence-electron chi connectivity index (χ1n) is 27.3. The molecule has 0 heterocycles. The van der Waals surface area contributed by atoms with Gasteiger partial charge in [0.05, 0.1) is 34.4 Å². The third kappa shape index (κ3) is 49.2. The van der Waals surface area contributed by atoms with Crippen molar-refractivity contribution in [3.05, 3.63) is 48.6 Å². The molecule has 0 spiro atoms. The number of esters is 2. The molecular weight excluding hydrogens is 827 g/mol. The fourth-order valence-electron chi connectivity index (χ4n) is 7.65. The van der Waals surface area contributed by atoms with Crippen molar-refractivity contribution in [1.29, 1.82) is 0 Å². The van der Waals surface area contributed by atoms with Crippen LogP contribution in [0.4, 0.5) is 0 Å². The number of allylic oxidation sites excluding steroid dienone is 8. The molecule has 0 radical (unpaired) electrons. The molecule has 0 aromatic heterocycles. The quantitative estimate of drug-likeness (QED) is 0.0211. The Balaban J connectivity index is 4.14. The second-order valence-corrected chi connectivity index (χ2v) is 19.5. The summed E-state index contributed by atoms with van der Waals surface area (Å²) in [6.07, 6.45) is 56.2. The SMILES string of the molecule is CC/C=C\C/C=C\C/C=C\C/C=C\CCCCCCCCCCCCCCCCCCC(=O)OC(COC(=O)CCCCCCCCCCCCCC)COC(OCC[N+](C)(C)C)C(=O)O. The maximum Gasteiger partial charge on any atom is 0.361 e. The molecule has 2 unspecified atom stereocenters. The smallest absolute Gasteiger partial charge is 0.361 e. The molecule has 0 saturated heterocycles. The second kappa shape index (κ2) is 48.7. The van der Waals surface area contributed by atoms with E-state index < -0.39 is 24.3 Å². The maximum atomic E-state index is 12.8. The third-order valence-corrected chi connectivity index (χ3v) is 11.8. The van der Waals surface area contributed by atoms with Crippen molar-refractivity contribution in [1.82, 2.24) is 0 Å². The Hall–Kier alpha value is -2.75. The number of quaternary nitrogens is 1. The van der Waals surface area contributed by atoms with Gasteiger partial charge in [0.25, 0.3) is 6.29 Å². The van der Waals surface area contributed by atoms with Crippen molar-refractivity contribution >= 4 is 17.9 Å². The molecule has 0 aliphatic carbocycles. The number of hydrogen-bond donors (Lipinski definition) is 1. The minimum Gasteiger partial charge on any atom is -0.477 e. The number of likely N-dealkylation sites (N-methyl/N-ethyl adjacent to an activating group) is 1. The lowest BCUT2D eigenvalue weighted by atomic mass is 10.0. The van der Waals surface area contributed by atoms with E-state index in [9.17, 15) is 19.5 Å². The number of ether oxygens (including phenoxy) is 4. The summed E-state index contributed by atoms with van der Waals surface area (Å²) < 4.78 is 22.8. The molecule has 9 heteroatoms. The van der Waals surface area contributed by atoms with Gasteiger partial charge >= 0.3 is 17.9 Å². The van der Waals surface area contributed by atoms with Gasteiger partial charge in [0.2, 0.25) is 0 Å². The van der Waals surface area contributed by atoms with Crippen LogP contribution in [0.1, 0.15) is 239 Å². The molecule has 0 saturated carbocycles. The maximum absolute atomic E-state index is 12.8. The molecule has 9 nitrogen and oxygen atoms in total. The van der Waals surface area contributed by atoms with Gasteiger partial charge in [0.15, 0.2) is 6.10 Å². The number of aliphatic carboxylic acids is 1. The predicted octanol–water partition coefficient (Wildman–Crippen LogP) is 15.5. The van der Waals surface area contributed by atoms with Crippen LogP contribution in [0.15, 0.2) is 48.6 Å². The van der Waals surface area contributed by atoms with E-state index in [1.807, 2.05) is 21.1 Å². The molecule has 0 bridgehead atoms. The van der Waals surface area contributed by atoms with E-state index in [1.165, 1.54) is 148 Å². The van der Waals surface area contributed by atoms with Gasteiger partial charge in [-0.1, -0.05) is 223 Å². The first-order chi connectivity index (χ1) is 32.1. The highest BCUT2D eigenvalue weighted by Gasteiger charge is 2.25. The fourth-order valence-corrected chi connectivity index (χ4v) is 7.65. The summed E-state index contributed by atoms with van der Waals surface area (Å²) in [5, 5.41) is 9.67. The summed E-state index contributed by atoms with van der Waals surface area (Å²) in [7, 11) is 5.97. The van der Waals surface area contributed by atoms with Crippen LogP contribution in [-0.4, -0.2) is 87.4 Å². The van der Waals surface area contributed by atoms with Crippen LogP contribution < -0.4 is 0 Å². The van der Waals surface area contributed by atoms with Gasteiger partial charge in [-0.3, -0.25) is 9.59 Å². The van der Waals surface area contributed by atoms with Gasteiger partial charge in [-0.25, -0.2) is 4.79 Å². The molecule has 0 aliphatic rings. The molecule has 0 aliphatic heterocycles. The van der Waals surface area contributed by atoms with Gasteiger partial charge in [0, 0.05) is 12.8 Å². The lowest BCUT2D eigenvalue weighted by Crippen LogP contribution is -2.40. The van der Waals surface area contributed by atoms with E-state index >= 15 is 0 Å². The zero-order valence-electron chi connectivity index (χ0n) is 43.6. The molecule has 0 amide bonds. The summed E-state index contributed by atoms with van der Waals surface area (Å²) in [5.41, 5.74) is 0. The topological polar surface area (TPSA) is 108 Å². The van der Waals surface area contributed by atoms with Gasteiger partial charge in [-0.05, 0) is 51.4 Å². The molecule has 0 fully saturated rings. The van der Waals surface area contributed by atoms with E-state index in [-0.39, 0.29) is 32.2 Å². The van der Waals surface area contributed by atoms with E-state index in [0.29, 0.717) is 17.4 Å². The number of carbonyl (C=O) groups excluding carboxylic acids is 2. The van der Waals surface area contributed by atoms with Crippen molar-refractivity contribution in [3.63, 3.8) is 0 Å². The molecule has 0 rings (SSSR count). The fraction of sp³-hybridized carbons (Fsp3) is 0.807. The van der Waals surface area contributed by atoms with Gasteiger partial charge in [-0.2, -0.15) is 0 Å². The number of carboxylic acids is 1. The monoisotopic (exact) mass is 931 g/mol. The van der Waals surface area contributed by atoms with Crippen LogP contribution >= 0.6 is 0 Å². The average Bonchev–Trinajstić information content (AvgIpc) is 3.28. The second-order valence-electron chi connectivity index (χ2n) is 19.5. The van der Waals surface area contributed by atoms with Crippen molar-refractivity contribution in [2.24, 2.45) is 0 Å². The summed E-state index contributed by atoms with van der Waals surface area (Å²) in [4.78, 5) is 37.3. The lowest BCUT2D eigenvalue weighted by Gasteiger charge is -2.25. The number of hydrogen-bond acceptors (Lipinski definition) is 7. The highest BCUT2D eigenvalue weighted by molar-refractivity contribution is 5.71. The Kier molecular flexibility index (Phi) is 46.7. The van der Waals surface area contributed by atoms with Crippen LogP contribution in [0.5, 0.6) is 0 Å². The standard InChI is InChI=1S/C57H103NO8/c1-6-8-10-12-14-16-18-20-21-22-23-24-25-26-27-28-29-30-31-32-33-34-35-36-38-40-42-44-46-48-55(60)66-53(52-65-57(56(61)62)63-50-49-58(3,4)5)51-64-54(59)47-45-43-41-39-37-19-17-15-13-11-9-7-2/h8,10,14,16,20-21,23-24,53,57H,6-7,9,11-13,15,17-19,22,25-52H2,1-5H3/p+1/b10-8-,16-14-,21-20-,24-23-. The van der Waals surface area contributed by atoms with Crippen LogP contribution in [0.25, 0.3) is 0 Å². The van der Waals surface area contributed by atoms with Crippen LogP contribution in [0, 0.1) is 0 Å². The molecule has 66 heavy (non-hydrogen) atoms. The summed E-state index contributed by atoms with van der Waals surface area (Å²) >= 11 is 0. The summed E-state index contributed by atoms with van der Waals surface area (Å²) in [6, 6.07) is 0.